The molecule has 296 valence electrons. The highest BCUT2D eigenvalue weighted by Crippen LogP contribution is 2.43. The van der Waals surface area contributed by atoms with Gasteiger partial charge in [0, 0.05) is 12.8 Å². The van der Waals surface area contributed by atoms with E-state index in [0.29, 0.717) is 12.8 Å². The van der Waals surface area contributed by atoms with Crippen LogP contribution < -0.4 is 5.73 Å². The van der Waals surface area contributed by atoms with Gasteiger partial charge >= 0.3 is 25.7 Å². The number of phosphoric ester groups is 1. The number of esters is 2. The first-order chi connectivity index (χ1) is 24.6. The molecular formula is C39H70NO10P. The summed E-state index contributed by atoms with van der Waals surface area (Å²) in [5.41, 5.74) is 5.31. The predicted molar refractivity (Wildman–Crippen MR) is 203 cm³/mol. The van der Waals surface area contributed by atoms with Crippen molar-refractivity contribution in [2.45, 2.75) is 174 Å². The molecule has 0 rings (SSSR count). The minimum absolute atomic E-state index is 0.147. The lowest BCUT2D eigenvalue weighted by atomic mass is 10.1. The number of aliphatic carboxylic acids is 1. The van der Waals surface area contributed by atoms with Gasteiger partial charge in [0.2, 0.25) is 0 Å². The van der Waals surface area contributed by atoms with Crippen LogP contribution in [0.1, 0.15) is 162 Å². The predicted octanol–water partition coefficient (Wildman–Crippen LogP) is 9.67. The summed E-state index contributed by atoms with van der Waals surface area (Å²) in [6.07, 6.45) is 35.0. The highest BCUT2D eigenvalue weighted by atomic mass is 31.2. The second-order valence-electron chi connectivity index (χ2n) is 13.1. The average Bonchev–Trinajstić information content (AvgIpc) is 3.10. The molecule has 3 atom stereocenters. The molecule has 0 amide bonds. The van der Waals surface area contributed by atoms with Crippen LogP contribution in [0.15, 0.2) is 36.5 Å². The van der Waals surface area contributed by atoms with E-state index in [1.54, 1.807) is 0 Å². The van der Waals surface area contributed by atoms with Crippen molar-refractivity contribution < 1.29 is 47.5 Å². The summed E-state index contributed by atoms with van der Waals surface area (Å²) in [5, 5.41) is 8.86. The molecule has 0 aliphatic rings. The molecule has 0 saturated heterocycles. The normalized spacial score (nSPS) is 14.3. The summed E-state index contributed by atoms with van der Waals surface area (Å²) in [6.45, 7) is 2.70. The lowest BCUT2D eigenvalue weighted by Crippen LogP contribution is -2.34. The third-order valence-electron chi connectivity index (χ3n) is 8.11. The van der Waals surface area contributed by atoms with Gasteiger partial charge in [0.05, 0.1) is 13.2 Å². The number of ether oxygens (including phenoxy) is 2. The van der Waals surface area contributed by atoms with Gasteiger partial charge < -0.3 is 25.2 Å². The van der Waals surface area contributed by atoms with E-state index in [2.05, 4.69) is 54.8 Å². The maximum Gasteiger partial charge on any atom is 0.472 e. The molecule has 1 unspecified atom stereocenters. The van der Waals surface area contributed by atoms with E-state index < -0.39 is 51.1 Å². The van der Waals surface area contributed by atoms with Crippen LogP contribution in [0.25, 0.3) is 0 Å². The Hall–Kier alpha value is -2.30. The molecule has 0 fully saturated rings. The number of nitrogens with two attached hydrogens (primary N) is 1. The lowest BCUT2D eigenvalue weighted by molar-refractivity contribution is -0.161. The highest BCUT2D eigenvalue weighted by molar-refractivity contribution is 7.47. The minimum atomic E-state index is -4.71. The summed E-state index contributed by atoms with van der Waals surface area (Å²) >= 11 is 0. The van der Waals surface area contributed by atoms with Crippen LogP contribution in [0.4, 0.5) is 0 Å². The van der Waals surface area contributed by atoms with Crippen LogP contribution in [-0.4, -0.2) is 59.9 Å². The maximum atomic E-state index is 12.5. The van der Waals surface area contributed by atoms with Gasteiger partial charge in [-0.25, -0.2) is 4.57 Å². The molecule has 0 aliphatic heterocycles. The largest absolute Gasteiger partial charge is 0.480 e. The third-order valence-corrected chi connectivity index (χ3v) is 9.06. The smallest absolute Gasteiger partial charge is 0.472 e. The lowest BCUT2D eigenvalue weighted by Gasteiger charge is -2.20. The van der Waals surface area contributed by atoms with Crippen LogP contribution in [-0.2, 0) is 37.5 Å². The number of carbonyl (C=O) groups excluding carboxylic acids is 2. The van der Waals surface area contributed by atoms with Gasteiger partial charge in [0.15, 0.2) is 6.10 Å². The molecule has 11 nitrogen and oxygen atoms in total. The van der Waals surface area contributed by atoms with Gasteiger partial charge in [-0.05, 0) is 70.6 Å². The first-order valence-corrected chi connectivity index (χ1v) is 21.0. The zero-order valence-electron chi connectivity index (χ0n) is 31.7. The average molecular weight is 744 g/mol. The topological polar surface area (TPSA) is 172 Å². The number of unbranched alkanes of at least 4 members (excludes halogenated alkanes) is 16. The van der Waals surface area contributed by atoms with Crippen molar-refractivity contribution in [3.8, 4) is 0 Å². The Balaban J connectivity index is 4.46. The number of rotatable bonds is 36. The Morgan fingerprint density at radius 1 is 0.608 bits per heavy atom. The molecule has 0 radical (unpaired) electrons. The highest BCUT2D eigenvalue weighted by Gasteiger charge is 2.28. The monoisotopic (exact) mass is 743 g/mol. The molecule has 0 aliphatic carbocycles. The van der Waals surface area contributed by atoms with Crippen molar-refractivity contribution in [3.05, 3.63) is 36.5 Å². The van der Waals surface area contributed by atoms with Crippen molar-refractivity contribution in [3.63, 3.8) is 0 Å². The first-order valence-electron chi connectivity index (χ1n) is 19.5. The summed E-state index contributed by atoms with van der Waals surface area (Å²) in [6, 6.07) is -1.52. The van der Waals surface area contributed by atoms with E-state index in [9.17, 15) is 23.8 Å². The molecule has 0 aromatic heterocycles. The molecule has 4 N–H and O–H groups in total. The fraction of sp³-hybridized carbons (Fsp3) is 0.769. The quantitative estimate of drug-likeness (QED) is 0.0241. The van der Waals surface area contributed by atoms with Gasteiger partial charge in [-0.3, -0.25) is 23.4 Å². The summed E-state index contributed by atoms with van der Waals surface area (Å²) in [5.74, 6) is -2.41. The number of carbonyl (C=O) groups is 3. The van der Waals surface area contributed by atoms with E-state index in [4.69, 9.17) is 24.8 Å². The van der Waals surface area contributed by atoms with Crippen LogP contribution in [0.2, 0.25) is 0 Å². The number of carboxylic acids is 1. The zero-order chi connectivity index (χ0) is 37.8. The standard InChI is InChI=1S/C39H70NO10P/c1-3-5-7-9-11-13-15-17-18-19-21-22-24-26-28-30-37(41)47-32-35(33-48-51(45,46)49-34-36(40)39(43)44)50-38(42)31-29-27-25-23-20-16-14-12-10-8-6-4-2/h11-14,17-18,35-36H,3-10,15-16,19-34,40H2,1-2H3,(H,43,44)(H,45,46)/b13-11+,14-12+,18-17+/t35-,36+/m1/s1. The molecular weight excluding hydrogens is 673 g/mol. The van der Waals surface area contributed by atoms with Crippen LogP contribution in [0, 0.1) is 0 Å². The van der Waals surface area contributed by atoms with Crippen molar-refractivity contribution in [1.82, 2.24) is 0 Å². The summed E-state index contributed by atoms with van der Waals surface area (Å²) in [7, 11) is -4.71. The van der Waals surface area contributed by atoms with Crippen molar-refractivity contribution in [2.75, 3.05) is 19.8 Å². The van der Waals surface area contributed by atoms with E-state index in [1.165, 1.54) is 38.5 Å². The molecule has 0 saturated carbocycles. The molecule has 0 aromatic carbocycles. The Bertz CT molecular complexity index is 1020. The third kappa shape index (κ3) is 34.5. The molecule has 12 heteroatoms. The number of allylic oxidation sites excluding steroid dienone is 6. The number of hydrogen-bond donors (Lipinski definition) is 3. The Morgan fingerprint density at radius 2 is 1.04 bits per heavy atom. The maximum absolute atomic E-state index is 12.5. The number of carboxylic acid groups (broad SMARTS) is 1. The Kier molecular flexibility index (Phi) is 33.2. The van der Waals surface area contributed by atoms with Crippen molar-refractivity contribution >= 4 is 25.7 Å². The zero-order valence-corrected chi connectivity index (χ0v) is 32.6. The fourth-order valence-electron chi connectivity index (χ4n) is 4.97. The van der Waals surface area contributed by atoms with E-state index in [0.717, 1.165) is 83.5 Å². The van der Waals surface area contributed by atoms with E-state index in [1.807, 2.05) is 0 Å². The minimum Gasteiger partial charge on any atom is -0.480 e. The van der Waals surface area contributed by atoms with Crippen LogP contribution in [0.5, 0.6) is 0 Å². The Morgan fingerprint density at radius 3 is 1.55 bits per heavy atom. The summed E-state index contributed by atoms with van der Waals surface area (Å²) in [4.78, 5) is 45.7. The van der Waals surface area contributed by atoms with E-state index >= 15 is 0 Å². The van der Waals surface area contributed by atoms with Gasteiger partial charge in [-0.15, -0.1) is 0 Å². The number of phosphoric acid groups is 1. The molecule has 51 heavy (non-hydrogen) atoms. The second kappa shape index (κ2) is 34.8. The van der Waals surface area contributed by atoms with Gasteiger partial charge in [-0.2, -0.15) is 0 Å². The molecule has 0 aromatic rings. The fourth-order valence-corrected chi connectivity index (χ4v) is 5.75. The van der Waals surface area contributed by atoms with Crippen LogP contribution in [0.3, 0.4) is 0 Å². The van der Waals surface area contributed by atoms with Gasteiger partial charge in [0.25, 0.3) is 0 Å². The SMILES string of the molecule is CCCCC/C=C/C/C=C/CCCCCCCC(=O)OC[C@H](COP(=O)(O)OC[C@H](N)C(=O)O)OC(=O)CCCCCCC/C=C/CCCCC. The second-order valence-corrected chi connectivity index (χ2v) is 14.5. The first kappa shape index (κ1) is 48.7. The van der Waals surface area contributed by atoms with Crippen molar-refractivity contribution in [2.24, 2.45) is 5.73 Å². The summed E-state index contributed by atoms with van der Waals surface area (Å²) < 4.78 is 32.5. The molecule has 0 spiro atoms. The molecule has 0 heterocycles. The van der Waals surface area contributed by atoms with Gasteiger partial charge in [0.1, 0.15) is 12.6 Å². The number of hydrogen-bond acceptors (Lipinski definition) is 9. The van der Waals surface area contributed by atoms with Gasteiger partial charge in [-0.1, -0.05) is 115 Å². The van der Waals surface area contributed by atoms with Crippen LogP contribution >= 0.6 is 7.82 Å². The van der Waals surface area contributed by atoms with Crippen molar-refractivity contribution in [1.29, 1.82) is 0 Å². The molecule has 0 bridgehead atoms. The Labute approximate surface area is 308 Å². The van der Waals surface area contributed by atoms with E-state index in [-0.39, 0.29) is 19.4 Å².